The second kappa shape index (κ2) is 5.53. The van der Waals surface area contributed by atoms with Gasteiger partial charge in [0.05, 0.1) is 17.8 Å². The smallest absolute Gasteiger partial charge is 0.137 e. The quantitative estimate of drug-likeness (QED) is 0.679. The van der Waals surface area contributed by atoms with E-state index in [1.807, 2.05) is 6.92 Å². The third-order valence-corrected chi connectivity index (χ3v) is 9.23. The van der Waals surface area contributed by atoms with E-state index in [4.69, 9.17) is 0 Å². The van der Waals surface area contributed by atoms with Crippen LogP contribution < -0.4 is 0 Å². The van der Waals surface area contributed by atoms with Crippen LogP contribution >= 0.6 is 0 Å². The third-order valence-electron chi connectivity index (χ3n) is 9.23. The Kier molecular flexibility index (Phi) is 3.97. The van der Waals surface area contributed by atoms with Crippen LogP contribution in [0.4, 0.5) is 0 Å². The molecule has 0 saturated heterocycles. The molecule has 4 rings (SSSR count). The molecule has 9 atom stereocenters. The summed E-state index contributed by atoms with van der Waals surface area (Å²) in [6.07, 6.45) is 5.60. The number of hydrogen-bond acceptors (Lipinski definition) is 4. The number of carbonyl (C=O) groups excluding carboxylic acids is 1. The van der Waals surface area contributed by atoms with E-state index in [2.05, 4.69) is 6.92 Å². The van der Waals surface area contributed by atoms with Gasteiger partial charge in [0.25, 0.3) is 0 Å². The van der Waals surface area contributed by atoms with Crippen molar-refractivity contribution in [3.63, 3.8) is 0 Å². The molecular weight excluding hydrogens is 316 g/mol. The van der Waals surface area contributed by atoms with Crippen LogP contribution in [-0.4, -0.2) is 38.9 Å². The average molecular weight is 350 g/mol. The van der Waals surface area contributed by atoms with E-state index in [1.54, 1.807) is 6.92 Å². The van der Waals surface area contributed by atoms with E-state index in [0.29, 0.717) is 36.4 Å². The van der Waals surface area contributed by atoms with Gasteiger partial charge in [-0.25, -0.2) is 0 Å². The molecule has 25 heavy (non-hydrogen) atoms. The molecule has 4 saturated carbocycles. The van der Waals surface area contributed by atoms with E-state index in [-0.39, 0.29) is 17.4 Å². The Morgan fingerprint density at radius 3 is 2.52 bits per heavy atom. The maximum Gasteiger partial charge on any atom is 0.137 e. The standard InChI is InChI=1S/C21H34O4/c1-12(22)21(25)9-7-16-15-5-4-13-10-14(23)6-8-19(13,2)18(15)17(24)11-20(16,21)3/h12-16,18,22-23,25H,4-11H2,1-3H3/t12-,13+,14+,15-,16-,18+,19-,20-,21-/m0/s1. The normalized spacial score (nSPS) is 56.7. The lowest BCUT2D eigenvalue weighted by Gasteiger charge is -2.60. The van der Waals surface area contributed by atoms with E-state index in [1.165, 1.54) is 0 Å². The van der Waals surface area contributed by atoms with Crippen LogP contribution in [0.5, 0.6) is 0 Å². The molecule has 0 aliphatic heterocycles. The molecule has 4 heteroatoms. The SMILES string of the molecule is C[C@H](O)[C@@]1(O)CC[C@H]2[C@@H]3CC[C@@H]4C[C@H](O)CC[C@]4(C)[C@H]3C(=O)C[C@@]21C. The second-order valence-electron chi connectivity index (χ2n) is 10.2. The minimum absolute atomic E-state index is 0.00605. The number of aliphatic hydroxyl groups excluding tert-OH is 2. The van der Waals surface area contributed by atoms with Gasteiger partial charge in [0.1, 0.15) is 5.78 Å². The van der Waals surface area contributed by atoms with Gasteiger partial charge >= 0.3 is 0 Å². The summed E-state index contributed by atoms with van der Waals surface area (Å²) < 4.78 is 0. The zero-order chi connectivity index (χ0) is 18.2. The van der Waals surface area contributed by atoms with Gasteiger partial charge in [0, 0.05) is 17.8 Å². The van der Waals surface area contributed by atoms with Crippen molar-refractivity contribution in [1.82, 2.24) is 0 Å². The van der Waals surface area contributed by atoms with Gasteiger partial charge in [0.2, 0.25) is 0 Å². The van der Waals surface area contributed by atoms with E-state index in [9.17, 15) is 20.1 Å². The second-order valence-corrected chi connectivity index (χ2v) is 10.2. The first-order chi connectivity index (χ1) is 11.6. The first kappa shape index (κ1) is 17.9. The molecule has 4 aliphatic rings. The van der Waals surface area contributed by atoms with Gasteiger partial charge in [-0.05, 0) is 75.0 Å². The van der Waals surface area contributed by atoms with Crippen LogP contribution in [0.2, 0.25) is 0 Å². The lowest BCUT2D eigenvalue weighted by Crippen LogP contribution is -2.62. The zero-order valence-corrected chi connectivity index (χ0v) is 15.9. The fourth-order valence-corrected chi connectivity index (χ4v) is 7.77. The first-order valence-corrected chi connectivity index (χ1v) is 10.2. The number of Topliss-reactive ketones (excluding diaryl/α,β-unsaturated/α-hetero) is 1. The summed E-state index contributed by atoms with van der Waals surface area (Å²) in [5, 5.41) is 31.6. The summed E-state index contributed by atoms with van der Waals surface area (Å²) in [6.45, 7) is 6.01. The summed E-state index contributed by atoms with van der Waals surface area (Å²) in [4.78, 5) is 13.4. The Morgan fingerprint density at radius 1 is 1.12 bits per heavy atom. The Morgan fingerprint density at radius 2 is 1.84 bits per heavy atom. The van der Waals surface area contributed by atoms with Crippen molar-refractivity contribution in [2.75, 3.05) is 0 Å². The maximum atomic E-state index is 13.4. The molecular formula is C21H34O4. The Labute approximate surface area is 151 Å². The van der Waals surface area contributed by atoms with Gasteiger partial charge in [-0.2, -0.15) is 0 Å². The first-order valence-electron chi connectivity index (χ1n) is 10.2. The summed E-state index contributed by atoms with van der Waals surface area (Å²) >= 11 is 0. The number of rotatable bonds is 1. The summed E-state index contributed by atoms with van der Waals surface area (Å²) in [7, 11) is 0. The van der Waals surface area contributed by atoms with Crippen molar-refractivity contribution in [3.8, 4) is 0 Å². The Hall–Kier alpha value is -0.450. The predicted molar refractivity (Wildman–Crippen MR) is 94.8 cm³/mol. The highest BCUT2D eigenvalue weighted by molar-refractivity contribution is 5.84. The lowest BCUT2D eigenvalue weighted by atomic mass is 9.44. The molecule has 0 aromatic carbocycles. The predicted octanol–water partition coefficient (Wildman–Crippen LogP) is 2.68. The monoisotopic (exact) mass is 350 g/mol. The summed E-state index contributed by atoms with van der Waals surface area (Å²) in [6, 6.07) is 0. The average Bonchev–Trinajstić information content (AvgIpc) is 2.80. The Balaban J connectivity index is 1.70. The number of fused-ring (bicyclic) bond motifs is 5. The zero-order valence-electron chi connectivity index (χ0n) is 15.9. The van der Waals surface area contributed by atoms with Gasteiger partial charge in [-0.3, -0.25) is 4.79 Å². The molecule has 0 amide bonds. The molecule has 0 aromatic rings. The molecule has 4 fully saturated rings. The van der Waals surface area contributed by atoms with E-state index >= 15 is 0 Å². The minimum Gasteiger partial charge on any atom is -0.393 e. The molecule has 142 valence electrons. The fraction of sp³-hybridized carbons (Fsp3) is 0.952. The number of aliphatic hydroxyl groups is 3. The Bertz CT molecular complexity index is 574. The molecule has 0 heterocycles. The van der Waals surface area contributed by atoms with Crippen LogP contribution in [0.3, 0.4) is 0 Å². The van der Waals surface area contributed by atoms with Crippen LogP contribution in [0.1, 0.15) is 72.1 Å². The number of carbonyl (C=O) groups is 1. The molecule has 0 aromatic heterocycles. The van der Waals surface area contributed by atoms with E-state index < -0.39 is 17.1 Å². The van der Waals surface area contributed by atoms with Gasteiger partial charge < -0.3 is 15.3 Å². The van der Waals surface area contributed by atoms with Crippen molar-refractivity contribution >= 4 is 5.78 Å². The van der Waals surface area contributed by atoms with Crippen LogP contribution in [0, 0.1) is 34.5 Å². The third kappa shape index (κ3) is 2.20. The summed E-state index contributed by atoms with van der Waals surface area (Å²) in [5.41, 5.74) is -1.64. The van der Waals surface area contributed by atoms with E-state index in [0.717, 1.165) is 38.5 Å². The minimum atomic E-state index is -1.14. The molecule has 0 spiro atoms. The molecule has 4 nitrogen and oxygen atoms in total. The molecule has 0 unspecified atom stereocenters. The maximum absolute atomic E-state index is 13.4. The van der Waals surface area contributed by atoms with Crippen molar-refractivity contribution in [3.05, 3.63) is 0 Å². The molecule has 3 N–H and O–H groups in total. The van der Waals surface area contributed by atoms with Crippen LogP contribution in [0.15, 0.2) is 0 Å². The molecule has 0 bridgehead atoms. The van der Waals surface area contributed by atoms with Gasteiger partial charge in [0.15, 0.2) is 0 Å². The van der Waals surface area contributed by atoms with Crippen molar-refractivity contribution in [2.24, 2.45) is 34.5 Å². The van der Waals surface area contributed by atoms with Crippen LogP contribution in [0.25, 0.3) is 0 Å². The van der Waals surface area contributed by atoms with Gasteiger partial charge in [-0.1, -0.05) is 13.8 Å². The summed E-state index contributed by atoms with van der Waals surface area (Å²) in [5.74, 6) is 1.47. The highest BCUT2D eigenvalue weighted by Gasteiger charge is 2.68. The van der Waals surface area contributed by atoms with Crippen molar-refractivity contribution in [1.29, 1.82) is 0 Å². The fourth-order valence-electron chi connectivity index (χ4n) is 7.77. The number of hydrogen-bond donors (Lipinski definition) is 3. The topological polar surface area (TPSA) is 77.8 Å². The lowest BCUT2D eigenvalue weighted by molar-refractivity contribution is -0.190. The van der Waals surface area contributed by atoms with Crippen molar-refractivity contribution < 1.29 is 20.1 Å². The number of ketones is 1. The van der Waals surface area contributed by atoms with Crippen LogP contribution in [-0.2, 0) is 4.79 Å². The molecule has 4 aliphatic carbocycles. The molecule has 0 radical (unpaired) electrons. The van der Waals surface area contributed by atoms with Gasteiger partial charge in [-0.15, -0.1) is 0 Å². The van der Waals surface area contributed by atoms with Crippen molar-refractivity contribution in [2.45, 2.75) is 89.9 Å². The largest absolute Gasteiger partial charge is 0.393 e. The highest BCUT2D eigenvalue weighted by Crippen LogP contribution is 2.67. The highest BCUT2D eigenvalue weighted by atomic mass is 16.3.